The highest BCUT2D eigenvalue weighted by atomic mass is 35.5. The molecule has 4 nitrogen and oxygen atoms in total. The van der Waals surface area contributed by atoms with Gasteiger partial charge in [0.25, 0.3) is 0 Å². The second-order valence-electron chi connectivity index (χ2n) is 4.69. The second kappa shape index (κ2) is 5.47. The third-order valence-electron chi connectivity index (χ3n) is 3.28. The van der Waals surface area contributed by atoms with E-state index in [0.29, 0.717) is 17.3 Å². The predicted octanol–water partition coefficient (Wildman–Crippen LogP) is 3.82. The van der Waals surface area contributed by atoms with Crippen LogP contribution < -0.4 is 4.90 Å². The van der Waals surface area contributed by atoms with Crippen molar-refractivity contribution in [3.05, 3.63) is 51.5 Å². The molecule has 0 saturated carbocycles. The first kappa shape index (κ1) is 14.0. The maximum atomic E-state index is 12.0. The lowest BCUT2D eigenvalue weighted by atomic mass is 10.1. The van der Waals surface area contributed by atoms with Crippen LogP contribution in [0, 0.1) is 0 Å². The molecule has 1 aliphatic heterocycles. The van der Waals surface area contributed by atoms with Crippen LogP contribution in [0.3, 0.4) is 0 Å². The summed E-state index contributed by atoms with van der Waals surface area (Å²) < 4.78 is 0. The van der Waals surface area contributed by atoms with Crippen molar-refractivity contribution in [3.63, 3.8) is 0 Å². The van der Waals surface area contributed by atoms with Crippen LogP contribution in [0.2, 0.25) is 10.3 Å². The van der Waals surface area contributed by atoms with Gasteiger partial charge in [-0.3, -0.25) is 4.79 Å². The van der Waals surface area contributed by atoms with Crippen molar-refractivity contribution in [2.45, 2.75) is 13.5 Å². The standard InChI is InChI=1S/C15H11Cl2N3O/c1-9(21)20-8-11-7-18-15(17)19-13(11)4-2-10-6-12(16)3-5-14(10)20/h2-7H,8H2,1H3. The smallest absolute Gasteiger partial charge is 0.224 e. The topological polar surface area (TPSA) is 46.1 Å². The Bertz CT molecular complexity index is 759. The van der Waals surface area contributed by atoms with Gasteiger partial charge < -0.3 is 4.90 Å². The summed E-state index contributed by atoms with van der Waals surface area (Å²) in [5.74, 6) is -0.0604. The first-order valence-electron chi connectivity index (χ1n) is 6.32. The minimum atomic E-state index is -0.0604. The van der Waals surface area contributed by atoms with E-state index in [0.717, 1.165) is 16.8 Å². The fourth-order valence-corrected chi connectivity index (χ4v) is 2.59. The zero-order valence-electron chi connectivity index (χ0n) is 11.2. The highest BCUT2D eigenvalue weighted by Gasteiger charge is 2.19. The van der Waals surface area contributed by atoms with Crippen LogP contribution in [0.25, 0.3) is 12.2 Å². The maximum absolute atomic E-state index is 12.0. The minimum Gasteiger partial charge on any atom is -0.307 e. The number of hydrogen-bond acceptors (Lipinski definition) is 3. The van der Waals surface area contributed by atoms with Crippen molar-refractivity contribution in [1.82, 2.24) is 9.97 Å². The van der Waals surface area contributed by atoms with Gasteiger partial charge in [-0.15, -0.1) is 0 Å². The molecule has 0 fully saturated rings. The van der Waals surface area contributed by atoms with Crippen LogP contribution >= 0.6 is 23.2 Å². The fraction of sp³-hybridized carbons (Fsp3) is 0.133. The number of carbonyl (C=O) groups excluding carboxylic acids is 1. The summed E-state index contributed by atoms with van der Waals surface area (Å²) in [6.07, 6.45) is 5.37. The third-order valence-corrected chi connectivity index (χ3v) is 3.70. The molecule has 1 aromatic carbocycles. The maximum Gasteiger partial charge on any atom is 0.224 e. The Kier molecular flexibility index (Phi) is 3.66. The Balaban J connectivity index is 2.21. The van der Waals surface area contributed by atoms with Crippen LogP contribution in [0.5, 0.6) is 0 Å². The minimum absolute atomic E-state index is 0.0604. The Morgan fingerprint density at radius 2 is 2.10 bits per heavy atom. The lowest BCUT2D eigenvalue weighted by Gasteiger charge is -2.25. The summed E-state index contributed by atoms with van der Waals surface area (Å²) in [6.45, 7) is 1.92. The largest absolute Gasteiger partial charge is 0.307 e. The normalized spacial score (nSPS) is 13.2. The monoisotopic (exact) mass is 319 g/mol. The molecule has 0 aliphatic carbocycles. The van der Waals surface area contributed by atoms with Gasteiger partial charge in [0.05, 0.1) is 17.9 Å². The van der Waals surface area contributed by atoms with E-state index in [9.17, 15) is 4.79 Å². The highest BCUT2D eigenvalue weighted by molar-refractivity contribution is 6.31. The lowest BCUT2D eigenvalue weighted by molar-refractivity contribution is -0.116. The molecule has 0 saturated heterocycles. The number of amides is 1. The quantitative estimate of drug-likeness (QED) is 0.693. The van der Waals surface area contributed by atoms with Crippen molar-refractivity contribution in [2.75, 3.05) is 4.90 Å². The molecule has 0 spiro atoms. The number of benzene rings is 1. The molecule has 0 atom stereocenters. The van der Waals surface area contributed by atoms with Crippen LogP contribution in [0.4, 0.5) is 5.69 Å². The summed E-state index contributed by atoms with van der Waals surface area (Å²) in [5.41, 5.74) is 3.21. The molecule has 1 aliphatic rings. The molecular formula is C15H11Cl2N3O. The van der Waals surface area contributed by atoms with Crippen LogP contribution in [0.1, 0.15) is 23.7 Å². The summed E-state index contributed by atoms with van der Waals surface area (Å²) in [7, 11) is 0. The van der Waals surface area contributed by atoms with Gasteiger partial charge in [0.2, 0.25) is 11.2 Å². The lowest BCUT2D eigenvalue weighted by Crippen LogP contribution is -2.29. The second-order valence-corrected chi connectivity index (χ2v) is 5.47. The number of hydrogen-bond donors (Lipinski definition) is 0. The zero-order valence-corrected chi connectivity index (χ0v) is 12.7. The molecule has 2 heterocycles. The molecule has 0 N–H and O–H groups in total. The fourth-order valence-electron chi connectivity index (χ4n) is 2.27. The van der Waals surface area contributed by atoms with Gasteiger partial charge in [0.1, 0.15) is 0 Å². The van der Waals surface area contributed by atoms with E-state index in [1.807, 2.05) is 24.3 Å². The van der Waals surface area contributed by atoms with E-state index in [1.165, 1.54) is 6.92 Å². The van der Waals surface area contributed by atoms with Crippen LogP contribution in [-0.2, 0) is 11.3 Å². The molecule has 0 radical (unpaired) electrons. The Labute approximate surface area is 132 Å². The van der Waals surface area contributed by atoms with Gasteiger partial charge in [-0.05, 0) is 41.4 Å². The number of carbonyl (C=O) groups is 1. The summed E-state index contributed by atoms with van der Waals surface area (Å²) in [6, 6.07) is 5.42. The van der Waals surface area contributed by atoms with E-state index < -0.39 is 0 Å². The molecule has 6 heteroatoms. The molecule has 0 bridgehead atoms. The van der Waals surface area contributed by atoms with Gasteiger partial charge in [-0.2, -0.15) is 0 Å². The van der Waals surface area contributed by atoms with E-state index in [1.54, 1.807) is 17.2 Å². The molecule has 1 amide bonds. The molecule has 106 valence electrons. The van der Waals surface area contributed by atoms with Crippen LogP contribution in [0.15, 0.2) is 24.4 Å². The number of aromatic nitrogens is 2. The van der Waals surface area contributed by atoms with E-state index in [4.69, 9.17) is 23.2 Å². The van der Waals surface area contributed by atoms with Crippen molar-refractivity contribution in [1.29, 1.82) is 0 Å². The van der Waals surface area contributed by atoms with Crippen molar-refractivity contribution in [2.24, 2.45) is 0 Å². The average Bonchev–Trinajstić information content (AvgIpc) is 2.42. The summed E-state index contributed by atoms with van der Waals surface area (Å²) >= 11 is 11.9. The number of nitrogens with zero attached hydrogens (tertiary/aromatic N) is 3. The SMILES string of the molecule is CC(=O)N1Cc2cnc(Cl)nc2C=Cc2cc(Cl)ccc21. The zero-order chi connectivity index (χ0) is 15.0. The van der Waals surface area contributed by atoms with Crippen LogP contribution in [-0.4, -0.2) is 15.9 Å². The van der Waals surface area contributed by atoms with Gasteiger partial charge in [-0.25, -0.2) is 9.97 Å². The molecule has 2 aromatic rings. The van der Waals surface area contributed by atoms with E-state index in [-0.39, 0.29) is 11.2 Å². The van der Waals surface area contributed by atoms with Gasteiger partial charge in [0, 0.05) is 23.7 Å². The Morgan fingerprint density at radius 3 is 2.86 bits per heavy atom. The average molecular weight is 320 g/mol. The Morgan fingerprint density at radius 1 is 1.29 bits per heavy atom. The number of halogens is 2. The molecule has 21 heavy (non-hydrogen) atoms. The molecule has 0 unspecified atom stereocenters. The molecule has 3 rings (SSSR count). The molecule has 1 aromatic heterocycles. The molecular weight excluding hydrogens is 309 g/mol. The van der Waals surface area contributed by atoms with Gasteiger partial charge >= 0.3 is 0 Å². The highest BCUT2D eigenvalue weighted by Crippen LogP contribution is 2.30. The predicted molar refractivity (Wildman–Crippen MR) is 84.3 cm³/mol. The van der Waals surface area contributed by atoms with Gasteiger partial charge in [0.15, 0.2) is 0 Å². The Hall–Kier alpha value is -1.91. The van der Waals surface area contributed by atoms with Gasteiger partial charge in [-0.1, -0.05) is 17.7 Å². The number of anilines is 1. The van der Waals surface area contributed by atoms with E-state index >= 15 is 0 Å². The number of fused-ring (bicyclic) bond motifs is 2. The van der Waals surface area contributed by atoms with Crippen molar-refractivity contribution < 1.29 is 4.79 Å². The first-order valence-corrected chi connectivity index (χ1v) is 7.07. The summed E-state index contributed by atoms with van der Waals surface area (Å²) in [4.78, 5) is 21.9. The van der Waals surface area contributed by atoms with Crippen molar-refractivity contribution in [3.8, 4) is 0 Å². The number of rotatable bonds is 0. The van der Waals surface area contributed by atoms with Crippen molar-refractivity contribution >= 4 is 46.9 Å². The first-order chi connectivity index (χ1) is 10.0. The third kappa shape index (κ3) is 2.77. The summed E-state index contributed by atoms with van der Waals surface area (Å²) in [5, 5.41) is 0.795. The van der Waals surface area contributed by atoms with E-state index in [2.05, 4.69) is 9.97 Å².